The highest BCUT2D eigenvalue weighted by atomic mass is 16.2. The van der Waals surface area contributed by atoms with Gasteiger partial charge >= 0.3 is 0 Å². The lowest BCUT2D eigenvalue weighted by Gasteiger charge is -2.22. The first-order valence-corrected chi connectivity index (χ1v) is 8.97. The van der Waals surface area contributed by atoms with E-state index >= 15 is 0 Å². The number of rotatable bonds is 2. The lowest BCUT2D eigenvalue weighted by molar-refractivity contribution is -0.632. The van der Waals surface area contributed by atoms with E-state index in [0.717, 1.165) is 25.7 Å². The summed E-state index contributed by atoms with van der Waals surface area (Å²) in [7, 11) is 1.72. The highest BCUT2D eigenvalue weighted by Crippen LogP contribution is 2.19. The molecular formula is C19H22N5O2+. The molecule has 0 atom stereocenters. The Bertz CT molecular complexity index is 1070. The topological polar surface area (TPSA) is 93.4 Å². The molecule has 3 heterocycles. The van der Waals surface area contributed by atoms with Crippen LogP contribution in [0, 0.1) is 0 Å². The molecule has 0 spiro atoms. The molecule has 3 aromatic rings. The molecule has 1 amide bonds. The number of amides is 1. The van der Waals surface area contributed by atoms with Gasteiger partial charge in [0, 0.05) is 12.2 Å². The Morgan fingerprint density at radius 1 is 1.31 bits per heavy atom. The van der Waals surface area contributed by atoms with Gasteiger partial charge in [-0.25, -0.2) is 4.57 Å². The highest BCUT2D eigenvalue weighted by Gasteiger charge is 2.24. The minimum atomic E-state index is -0.232. The third-order valence-electron chi connectivity index (χ3n) is 5.18. The van der Waals surface area contributed by atoms with Crippen molar-refractivity contribution in [1.82, 2.24) is 14.7 Å². The molecule has 7 heteroatoms. The molecule has 1 aliphatic carbocycles. The lowest BCUT2D eigenvalue weighted by Crippen LogP contribution is -2.41. The zero-order chi connectivity index (χ0) is 18.3. The monoisotopic (exact) mass is 352 g/mol. The van der Waals surface area contributed by atoms with Gasteiger partial charge in [0.25, 0.3) is 17.1 Å². The fraction of sp³-hybridized carbons (Fsp3) is 0.368. The molecule has 1 aliphatic rings. The second-order valence-electron chi connectivity index (χ2n) is 6.89. The van der Waals surface area contributed by atoms with Crippen LogP contribution in [0.4, 0.5) is 5.82 Å². The standard InChI is InChI=1S/C19H21N5O2/c1-23-16(20)13(18(25)21-12-7-3-2-4-8-12)11-14-17(23)22-15-9-5-6-10-24(15)19(14)26/h5-6,9-12,20H,2-4,7-8H2,1H3,(H,21,25)/p+1. The van der Waals surface area contributed by atoms with Crippen molar-refractivity contribution in [3.8, 4) is 0 Å². The number of nitrogens with zero attached hydrogens (tertiary/aromatic N) is 3. The van der Waals surface area contributed by atoms with E-state index in [1.54, 1.807) is 36.0 Å². The number of carbonyl (C=O) groups is 1. The number of hydrogen-bond acceptors (Lipinski definition) is 4. The molecule has 3 aromatic heterocycles. The summed E-state index contributed by atoms with van der Waals surface area (Å²) in [5.41, 5.74) is 7.31. The van der Waals surface area contributed by atoms with Crippen molar-refractivity contribution in [3.05, 3.63) is 46.4 Å². The molecule has 0 radical (unpaired) electrons. The van der Waals surface area contributed by atoms with Crippen LogP contribution in [0.5, 0.6) is 0 Å². The maximum Gasteiger partial charge on any atom is 0.278 e. The average Bonchev–Trinajstić information content (AvgIpc) is 2.66. The molecule has 4 rings (SSSR count). The van der Waals surface area contributed by atoms with Crippen LogP contribution in [0.25, 0.3) is 16.7 Å². The van der Waals surface area contributed by atoms with Crippen LogP contribution in [0.2, 0.25) is 0 Å². The summed E-state index contributed by atoms with van der Waals surface area (Å²) in [5, 5.41) is 3.44. The summed E-state index contributed by atoms with van der Waals surface area (Å²) < 4.78 is 3.08. The number of nitrogen functional groups attached to an aromatic ring is 1. The van der Waals surface area contributed by atoms with Gasteiger partial charge in [0.15, 0.2) is 0 Å². The molecule has 26 heavy (non-hydrogen) atoms. The quantitative estimate of drug-likeness (QED) is 0.537. The van der Waals surface area contributed by atoms with Crippen molar-refractivity contribution in [2.24, 2.45) is 7.05 Å². The molecule has 0 aromatic carbocycles. The first-order chi connectivity index (χ1) is 12.6. The third-order valence-corrected chi connectivity index (χ3v) is 5.18. The SMILES string of the molecule is C[n+]1c(N)c(C(=O)NC2CCCCC2)cc2c(=O)n3ccccc3nc21. The highest BCUT2D eigenvalue weighted by molar-refractivity contribution is 6.00. The van der Waals surface area contributed by atoms with Crippen LogP contribution in [0.15, 0.2) is 35.3 Å². The van der Waals surface area contributed by atoms with Crippen LogP contribution in [0.1, 0.15) is 42.5 Å². The zero-order valence-electron chi connectivity index (χ0n) is 14.7. The fourth-order valence-electron chi connectivity index (χ4n) is 3.68. The van der Waals surface area contributed by atoms with Gasteiger partial charge in [-0.3, -0.25) is 14.0 Å². The number of nitrogens with one attached hydrogen (secondary N) is 1. The first kappa shape index (κ1) is 16.5. The first-order valence-electron chi connectivity index (χ1n) is 8.97. The lowest BCUT2D eigenvalue weighted by atomic mass is 9.95. The Hall–Kier alpha value is -2.96. The van der Waals surface area contributed by atoms with Crippen LogP contribution >= 0.6 is 0 Å². The largest absolute Gasteiger partial charge is 0.349 e. The molecule has 0 unspecified atom stereocenters. The number of aromatic nitrogens is 3. The van der Waals surface area contributed by atoms with E-state index in [0.29, 0.717) is 28.1 Å². The van der Waals surface area contributed by atoms with E-state index in [1.807, 2.05) is 6.07 Å². The van der Waals surface area contributed by atoms with Crippen LogP contribution in [-0.4, -0.2) is 21.3 Å². The summed E-state index contributed by atoms with van der Waals surface area (Å²) >= 11 is 0. The molecule has 1 saturated carbocycles. The predicted octanol–water partition coefficient (Wildman–Crippen LogP) is 1.32. The molecule has 7 nitrogen and oxygen atoms in total. The maximum absolute atomic E-state index is 12.9. The Kier molecular flexibility index (Phi) is 4.06. The van der Waals surface area contributed by atoms with Gasteiger partial charge in [0.05, 0.1) is 7.05 Å². The summed E-state index contributed by atoms with van der Waals surface area (Å²) in [6, 6.07) is 7.10. The summed E-state index contributed by atoms with van der Waals surface area (Å²) in [5.74, 6) is 0.0717. The van der Waals surface area contributed by atoms with E-state index in [4.69, 9.17) is 5.73 Å². The van der Waals surface area contributed by atoms with Gasteiger partial charge in [-0.1, -0.05) is 30.3 Å². The molecular weight excluding hydrogens is 330 g/mol. The minimum absolute atomic E-state index is 0.174. The van der Waals surface area contributed by atoms with Crippen molar-refractivity contribution < 1.29 is 9.36 Å². The van der Waals surface area contributed by atoms with Crippen molar-refractivity contribution in [3.63, 3.8) is 0 Å². The fourth-order valence-corrected chi connectivity index (χ4v) is 3.68. The normalized spacial score (nSPS) is 15.4. The van der Waals surface area contributed by atoms with E-state index in [9.17, 15) is 9.59 Å². The zero-order valence-corrected chi connectivity index (χ0v) is 14.7. The van der Waals surface area contributed by atoms with Crippen molar-refractivity contribution in [2.45, 2.75) is 38.1 Å². The molecule has 0 bridgehead atoms. The van der Waals surface area contributed by atoms with E-state index in [-0.39, 0.29) is 17.5 Å². The molecule has 1 fully saturated rings. The smallest absolute Gasteiger partial charge is 0.278 e. The predicted molar refractivity (Wildman–Crippen MR) is 98.9 cm³/mol. The van der Waals surface area contributed by atoms with E-state index in [2.05, 4.69) is 10.3 Å². The molecule has 3 N–H and O–H groups in total. The molecule has 0 aliphatic heterocycles. The number of pyridine rings is 2. The maximum atomic E-state index is 12.9. The van der Waals surface area contributed by atoms with Gasteiger partial charge < -0.3 is 11.1 Å². The number of nitrogens with two attached hydrogens (primary N) is 1. The number of carbonyl (C=O) groups excluding carboxylic acids is 1. The van der Waals surface area contributed by atoms with E-state index in [1.165, 1.54) is 10.8 Å². The Balaban J connectivity index is 1.84. The van der Waals surface area contributed by atoms with Crippen LogP contribution in [-0.2, 0) is 7.05 Å². The van der Waals surface area contributed by atoms with Gasteiger partial charge in [-0.15, -0.1) is 0 Å². The Morgan fingerprint density at radius 3 is 2.85 bits per heavy atom. The van der Waals surface area contributed by atoms with Crippen molar-refractivity contribution >= 4 is 28.4 Å². The van der Waals surface area contributed by atoms with Crippen molar-refractivity contribution in [2.75, 3.05) is 5.73 Å². The van der Waals surface area contributed by atoms with Gasteiger partial charge in [0.1, 0.15) is 10.9 Å². The third kappa shape index (κ3) is 2.69. The summed E-state index contributed by atoms with van der Waals surface area (Å²) in [6.07, 6.45) is 7.12. The second-order valence-corrected chi connectivity index (χ2v) is 6.89. The van der Waals surface area contributed by atoms with Gasteiger partial charge in [-0.2, -0.15) is 0 Å². The number of fused-ring (bicyclic) bond motifs is 2. The number of aryl methyl sites for hydroxylation is 1. The summed E-state index contributed by atoms with van der Waals surface area (Å²) in [6.45, 7) is 0. The second kappa shape index (κ2) is 6.40. The van der Waals surface area contributed by atoms with Gasteiger partial charge in [-0.05, 0) is 31.0 Å². The molecule has 0 saturated heterocycles. The van der Waals surface area contributed by atoms with Crippen molar-refractivity contribution in [1.29, 1.82) is 0 Å². The number of anilines is 1. The van der Waals surface area contributed by atoms with Crippen LogP contribution < -0.4 is 21.2 Å². The van der Waals surface area contributed by atoms with Gasteiger partial charge in [0.2, 0.25) is 11.5 Å². The Morgan fingerprint density at radius 2 is 2.08 bits per heavy atom. The Labute approximate surface area is 150 Å². The minimum Gasteiger partial charge on any atom is -0.349 e. The number of hydrogen-bond donors (Lipinski definition) is 2. The van der Waals surface area contributed by atoms with Crippen LogP contribution in [0.3, 0.4) is 0 Å². The summed E-state index contributed by atoms with van der Waals surface area (Å²) in [4.78, 5) is 30.2. The van der Waals surface area contributed by atoms with E-state index < -0.39 is 0 Å². The average molecular weight is 352 g/mol. The molecule has 134 valence electrons.